The lowest BCUT2D eigenvalue weighted by Gasteiger charge is -2.30. The van der Waals surface area contributed by atoms with Gasteiger partial charge in [-0.15, -0.1) is 0 Å². The average molecular weight is 345 g/mol. The Balaban J connectivity index is 1.65. The Morgan fingerprint density at radius 2 is 2.12 bits per heavy atom. The molecule has 1 unspecified atom stereocenters. The fraction of sp³-hybridized carbons (Fsp3) is 0.471. The van der Waals surface area contributed by atoms with Crippen molar-refractivity contribution < 1.29 is 9.66 Å². The van der Waals surface area contributed by atoms with Gasteiger partial charge in [-0.25, -0.2) is 0 Å². The van der Waals surface area contributed by atoms with E-state index in [0.717, 1.165) is 43.1 Å². The lowest BCUT2D eigenvalue weighted by Crippen LogP contribution is -2.44. The summed E-state index contributed by atoms with van der Waals surface area (Å²) >= 11 is 0. The third-order valence-electron chi connectivity index (χ3n) is 4.29. The second kappa shape index (κ2) is 7.73. The molecule has 3 rings (SSSR count). The summed E-state index contributed by atoms with van der Waals surface area (Å²) < 4.78 is 7.52. The zero-order chi connectivity index (χ0) is 17.8. The van der Waals surface area contributed by atoms with Crippen molar-refractivity contribution in [1.29, 1.82) is 0 Å². The van der Waals surface area contributed by atoms with Gasteiger partial charge in [0.15, 0.2) is 0 Å². The molecule has 1 saturated heterocycles. The number of nitro groups is 1. The lowest BCUT2D eigenvalue weighted by atomic mass is 10.1. The van der Waals surface area contributed by atoms with Crippen LogP contribution >= 0.6 is 0 Å². The molecule has 0 bridgehead atoms. The zero-order valence-corrected chi connectivity index (χ0v) is 14.5. The minimum atomic E-state index is -0.397. The summed E-state index contributed by atoms with van der Waals surface area (Å²) in [6, 6.07) is 6.49. The minimum absolute atomic E-state index is 0.0814. The molecule has 1 atom stereocenters. The van der Waals surface area contributed by atoms with E-state index in [1.807, 2.05) is 13.2 Å². The Kier molecular flexibility index (Phi) is 5.42. The molecule has 2 aromatic rings. The number of nitro benzene ring substituents is 1. The van der Waals surface area contributed by atoms with E-state index >= 15 is 0 Å². The van der Waals surface area contributed by atoms with Gasteiger partial charge in [0.25, 0.3) is 5.69 Å². The van der Waals surface area contributed by atoms with Crippen LogP contribution in [0.25, 0.3) is 11.3 Å². The van der Waals surface area contributed by atoms with Gasteiger partial charge in [-0.2, -0.15) is 5.10 Å². The maximum Gasteiger partial charge on any atom is 0.269 e. The third-order valence-corrected chi connectivity index (χ3v) is 4.29. The molecule has 25 heavy (non-hydrogen) atoms. The number of non-ortho nitro benzene ring substituents is 1. The Morgan fingerprint density at radius 3 is 2.80 bits per heavy atom. The molecule has 1 aromatic heterocycles. The van der Waals surface area contributed by atoms with Crippen LogP contribution in [0.15, 0.2) is 30.5 Å². The van der Waals surface area contributed by atoms with E-state index in [0.29, 0.717) is 6.54 Å². The van der Waals surface area contributed by atoms with Gasteiger partial charge in [-0.05, 0) is 19.2 Å². The predicted molar refractivity (Wildman–Crippen MR) is 94.2 cm³/mol. The van der Waals surface area contributed by atoms with E-state index in [4.69, 9.17) is 4.74 Å². The van der Waals surface area contributed by atoms with Crippen molar-refractivity contribution in [1.82, 2.24) is 20.0 Å². The minimum Gasteiger partial charge on any atom is -0.374 e. The summed E-state index contributed by atoms with van der Waals surface area (Å²) in [4.78, 5) is 12.7. The van der Waals surface area contributed by atoms with E-state index in [9.17, 15) is 10.1 Å². The summed E-state index contributed by atoms with van der Waals surface area (Å²) in [6.07, 6.45) is 2.16. The van der Waals surface area contributed by atoms with Crippen molar-refractivity contribution in [2.45, 2.75) is 12.6 Å². The van der Waals surface area contributed by atoms with E-state index in [1.54, 1.807) is 16.8 Å². The summed E-state index contributed by atoms with van der Waals surface area (Å²) in [5, 5.41) is 18.7. The van der Waals surface area contributed by atoms with Gasteiger partial charge in [0.2, 0.25) is 0 Å². The van der Waals surface area contributed by atoms with Crippen LogP contribution in [0.5, 0.6) is 0 Å². The van der Waals surface area contributed by atoms with Gasteiger partial charge in [0, 0.05) is 62.7 Å². The van der Waals surface area contributed by atoms with Crippen LogP contribution in [0.3, 0.4) is 0 Å². The molecule has 134 valence electrons. The largest absolute Gasteiger partial charge is 0.374 e. The highest BCUT2D eigenvalue weighted by Gasteiger charge is 2.18. The van der Waals surface area contributed by atoms with E-state index in [1.165, 1.54) is 12.1 Å². The molecule has 0 spiro atoms. The van der Waals surface area contributed by atoms with Crippen molar-refractivity contribution in [2.24, 2.45) is 7.05 Å². The molecule has 0 radical (unpaired) electrons. The molecule has 1 fully saturated rings. The number of aromatic nitrogens is 2. The number of hydrogen-bond donors (Lipinski definition) is 1. The molecule has 1 aliphatic heterocycles. The first kappa shape index (κ1) is 17.5. The molecule has 2 heterocycles. The van der Waals surface area contributed by atoms with Crippen LogP contribution in [0.2, 0.25) is 0 Å². The van der Waals surface area contributed by atoms with Gasteiger partial charge >= 0.3 is 0 Å². The van der Waals surface area contributed by atoms with Crippen molar-refractivity contribution in [2.75, 3.05) is 33.3 Å². The summed E-state index contributed by atoms with van der Waals surface area (Å²) in [6.45, 7) is 4.12. The molecule has 1 aliphatic rings. The van der Waals surface area contributed by atoms with Crippen molar-refractivity contribution in [3.8, 4) is 11.3 Å². The Morgan fingerprint density at radius 1 is 1.36 bits per heavy atom. The van der Waals surface area contributed by atoms with Crippen molar-refractivity contribution in [3.63, 3.8) is 0 Å². The number of morpholine rings is 1. The van der Waals surface area contributed by atoms with Crippen LogP contribution in [0.4, 0.5) is 5.69 Å². The third kappa shape index (κ3) is 4.41. The number of ether oxygens (including phenoxy) is 1. The number of nitrogens with zero attached hydrogens (tertiary/aromatic N) is 4. The van der Waals surface area contributed by atoms with Crippen molar-refractivity contribution >= 4 is 5.69 Å². The molecule has 0 saturated carbocycles. The molecule has 1 N–H and O–H groups in total. The molecule has 8 heteroatoms. The smallest absolute Gasteiger partial charge is 0.269 e. The van der Waals surface area contributed by atoms with Crippen LogP contribution in [-0.2, 0) is 18.3 Å². The SMILES string of the molecule is CN1CCOC(CNCc2cn(C)nc2-c2ccc([N+](=O)[O-])cc2)C1. The number of benzene rings is 1. The first-order valence-corrected chi connectivity index (χ1v) is 8.31. The Bertz CT molecular complexity index is 728. The van der Waals surface area contributed by atoms with Crippen LogP contribution in [-0.4, -0.2) is 59.0 Å². The van der Waals surface area contributed by atoms with Crippen LogP contribution in [0, 0.1) is 10.1 Å². The Labute approximate surface area is 146 Å². The van der Waals surface area contributed by atoms with Gasteiger partial charge < -0.3 is 15.0 Å². The molecule has 0 amide bonds. The summed E-state index contributed by atoms with van der Waals surface area (Å²) in [7, 11) is 3.97. The average Bonchev–Trinajstić information content (AvgIpc) is 2.96. The normalized spacial score (nSPS) is 18.4. The lowest BCUT2D eigenvalue weighted by molar-refractivity contribution is -0.384. The highest BCUT2D eigenvalue weighted by molar-refractivity contribution is 5.64. The highest BCUT2D eigenvalue weighted by atomic mass is 16.6. The number of aryl methyl sites for hydroxylation is 1. The fourth-order valence-electron chi connectivity index (χ4n) is 3.01. The fourth-order valence-corrected chi connectivity index (χ4v) is 3.01. The van der Waals surface area contributed by atoms with Crippen molar-refractivity contribution in [3.05, 3.63) is 46.1 Å². The van der Waals surface area contributed by atoms with E-state index in [-0.39, 0.29) is 11.8 Å². The maximum atomic E-state index is 10.8. The molecular formula is C17H23N5O3. The summed E-state index contributed by atoms with van der Waals surface area (Å²) in [5.74, 6) is 0. The van der Waals surface area contributed by atoms with Gasteiger partial charge in [0.05, 0.1) is 23.3 Å². The monoisotopic (exact) mass is 345 g/mol. The molecular weight excluding hydrogens is 322 g/mol. The highest BCUT2D eigenvalue weighted by Crippen LogP contribution is 2.24. The van der Waals surface area contributed by atoms with Gasteiger partial charge in [-0.1, -0.05) is 0 Å². The molecule has 0 aliphatic carbocycles. The summed E-state index contributed by atoms with van der Waals surface area (Å²) in [5.41, 5.74) is 2.85. The topological polar surface area (TPSA) is 85.5 Å². The first-order valence-electron chi connectivity index (χ1n) is 8.31. The first-order chi connectivity index (χ1) is 12.0. The van der Waals surface area contributed by atoms with E-state index < -0.39 is 4.92 Å². The van der Waals surface area contributed by atoms with Crippen LogP contribution in [0.1, 0.15) is 5.56 Å². The standard InChI is InChI=1S/C17H23N5O3/c1-20-7-8-25-16(12-20)10-18-9-14-11-21(2)19-17(14)13-3-5-15(6-4-13)22(23)24/h3-6,11,16,18H,7-10,12H2,1-2H3. The van der Waals surface area contributed by atoms with Gasteiger partial charge in [0.1, 0.15) is 0 Å². The second-order valence-electron chi connectivity index (χ2n) is 6.37. The molecule has 8 nitrogen and oxygen atoms in total. The quantitative estimate of drug-likeness (QED) is 0.629. The number of nitrogens with one attached hydrogen (secondary N) is 1. The number of hydrogen-bond acceptors (Lipinski definition) is 6. The number of likely N-dealkylation sites (N-methyl/N-ethyl adjacent to an activating group) is 1. The maximum absolute atomic E-state index is 10.8. The molecule has 1 aromatic carbocycles. The van der Waals surface area contributed by atoms with Gasteiger partial charge in [-0.3, -0.25) is 14.8 Å². The van der Waals surface area contributed by atoms with Crippen LogP contribution < -0.4 is 5.32 Å². The predicted octanol–water partition coefficient (Wildman–Crippen LogP) is 1.42. The second-order valence-corrected chi connectivity index (χ2v) is 6.37. The van der Waals surface area contributed by atoms with E-state index in [2.05, 4.69) is 22.4 Å². The zero-order valence-electron chi connectivity index (χ0n) is 14.5. The number of rotatable bonds is 6. The Hall–Kier alpha value is -2.29.